The summed E-state index contributed by atoms with van der Waals surface area (Å²) < 4.78 is 5.45. The molecule has 1 amide bonds. The number of carbonyl (C=O) groups excluding carboxylic acids is 2. The standard InChI is InChI=1S/C58H111NO5/c1-3-5-7-9-11-13-15-17-18-24-27-30-34-38-42-46-50-56(61)55(54-60)59-57(62)51-47-43-39-35-31-28-25-22-20-19-21-23-26-29-33-37-41-45-49-53-64-58(63)52-48-44-40-36-32-16-14-12-10-8-6-4-2/h12,14,19-20,55-56,60-61H,3-11,13,15-18,21-54H2,1-2H3,(H,59,62)/b14-12-,20-19-. The van der Waals surface area contributed by atoms with Gasteiger partial charge >= 0.3 is 5.97 Å². The van der Waals surface area contributed by atoms with Crippen molar-refractivity contribution in [1.29, 1.82) is 0 Å². The first-order valence-corrected chi connectivity index (χ1v) is 28.6. The number of carbonyl (C=O) groups is 2. The number of aliphatic hydroxyl groups is 2. The first kappa shape index (κ1) is 62.3. The van der Waals surface area contributed by atoms with Crippen LogP contribution in [0, 0.1) is 0 Å². The van der Waals surface area contributed by atoms with Gasteiger partial charge in [-0.1, -0.05) is 244 Å². The molecule has 0 rings (SSSR count). The van der Waals surface area contributed by atoms with Crippen LogP contribution in [-0.4, -0.2) is 47.4 Å². The molecule has 0 saturated heterocycles. The average molecular weight is 903 g/mol. The van der Waals surface area contributed by atoms with Gasteiger partial charge in [0.15, 0.2) is 0 Å². The van der Waals surface area contributed by atoms with E-state index in [0.29, 0.717) is 25.9 Å². The van der Waals surface area contributed by atoms with E-state index in [9.17, 15) is 19.8 Å². The number of nitrogens with one attached hydrogen (secondary N) is 1. The molecular weight excluding hydrogens is 791 g/mol. The number of esters is 1. The maximum absolute atomic E-state index is 12.5. The number of amides is 1. The van der Waals surface area contributed by atoms with Gasteiger partial charge in [-0.15, -0.1) is 0 Å². The van der Waals surface area contributed by atoms with Crippen LogP contribution in [0.1, 0.15) is 309 Å². The van der Waals surface area contributed by atoms with Crippen LogP contribution in [0.25, 0.3) is 0 Å². The van der Waals surface area contributed by atoms with Gasteiger partial charge in [0.2, 0.25) is 5.91 Å². The third-order valence-corrected chi connectivity index (χ3v) is 13.2. The Bertz CT molecular complexity index is 997. The molecule has 0 spiro atoms. The maximum Gasteiger partial charge on any atom is 0.305 e. The zero-order valence-electron chi connectivity index (χ0n) is 43.0. The maximum atomic E-state index is 12.5. The quantitative estimate of drug-likeness (QED) is 0.0321. The summed E-state index contributed by atoms with van der Waals surface area (Å²) >= 11 is 0. The van der Waals surface area contributed by atoms with Crippen molar-refractivity contribution in [2.45, 2.75) is 321 Å². The van der Waals surface area contributed by atoms with Crippen LogP contribution in [0.3, 0.4) is 0 Å². The Morgan fingerprint density at radius 1 is 0.422 bits per heavy atom. The topological polar surface area (TPSA) is 95.9 Å². The molecule has 0 heterocycles. The highest BCUT2D eigenvalue weighted by Gasteiger charge is 2.20. The number of rotatable bonds is 53. The average Bonchev–Trinajstić information content (AvgIpc) is 3.29. The highest BCUT2D eigenvalue weighted by molar-refractivity contribution is 5.76. The van der Waals surface area contributed by atoms with E-state index >= 15 is 0 Å². The van der Waals surface area contributed by atoms with Crippen molar-refractivity contribution < 1.29 is 24.5 Å². The molecule has 64 heavy (non-hydrogen) atoms. The molecule has 0 fully saturated rings. The van der Waals surface area contributed by atoms with E-state index in [1.807, 2.05) is 0 Å². The lowest BCUT2D eigenvalue weighted by molar-refractivity contribution is -0.143. The van der Waals surface area contributed by atoms with E-state index in [4.69, 9.17) is 4.74 Å². The SMILES string of the molecule is CCCCC/C=C\CCCCCCCC(=O)OCCCCCCCCCC/C=C\CCCCCCCCCC(=O)NC(CO)C(O)CCCCCCCCCCCCCCCCCC. The minimum Gasteiger partial charge on any atom is -0.466 e. The Labute approximate surface area is 399 Å². The summed E-state index contributed by atoms with van der Waals surface area (Å²) in [6, 6.07) is -0.548. The largest absolute Gasteiger partial charge is 0.466 e. The Morgan fingerprint density at radius 3 is 1.14 bits per heavy atom. The van der Waals surface area contributed by atoms with E-state index in [0.717, 1.165) is 44.9 Å². The molecule has 6 heteroatoms. The van der Waals surface area contributed by atoms with Gasteiger partial charge in [-0.05, 0) is 77.0 Å². The van der Waals surface area contributed by atoms with Crippen molar-refractivity contribution in [1.82, 2.24) is 5.32 Å². The number of aliphatic hydroxyl groups excluding tert-OH is 2. The molecule has 2 unspecified atom stereocenters. The van der Waals surface area contributed by atoms with Crippen LogP contribution >= 0.6 is 0 Å². The Hall–Kier alpha value is -1.66. The zero-order valence-corrected chi connectivity index (χ0v) is 43.0. The van der Waals surface area contributed by atoms with Crippen molar-refractivity contribution in [3.63, 3.8) is 0 Å². The molecule has 6 nitrogen and oxygen atoms in total. The van der Waals surface area contributed by atoms with E-state index < -0.39 is 12.1 Å². The highest BCUT2D eigenvalue weighted by atomic mass is 16.5. The van der Waals surface area contributed by atoms with Crippen molar-refractivity contribution in [3.05, 3.63) is 24.3 Å². The lowest BCUT2D eigenvalue weighted by atomic mass is 10.0. The lowest BCUT2D eigenvalue weighted by Crippen LogP contribution is -2.45. The summed E-state index contributed by atoms with van der Waals surface area (Å²) in [4.78, 5) is 24.5. The van der Waals surface area contributed by atoms with Crippen LogP contribution in [0.2, 0.25) is 0 Å². The van der Waals surface area contributed by atoms with E-state index in [1.54, 1.807) is 0 Å². The molecule has 378 valence electrons. The molecule has 0 radical (unpaired) electrons. The normalized spacial score (nSPS) is 12.8. The van der Waals surface area contributed by atoms with Gasteiger partial charge in [-0.25, -0.2) is 0 Å². The molecule has 0 bridgehead atoms. The molecule has 0 aromatic rings. The molecule has 0 aliphatic heterocycles. The smallest absolute Gasteiger partial charge is 0.305 e. The summed E-state index contributed by atoms with van der Waals surface area (Å²) in [6.07, 6.45) is 64.5. The summed E-state index contributed by atoms with van der Waals surface area (Å²) in [6.45, 7) is 4.92. The second-order valence-corrected chi connectivity index (χ2v) is 19.6. The van der Waals surface area contributed by atoms with Gasteiger partial charge in [0, 0.05) is 12.8 Å². The van der Waals surface area contributed by atoms with Crippen LogP contribution in [0.4, 0.5) is 0 Å². The molecule has 0 aromatic heterocycles. The third kappa shape index (κ3) is 49.8. The van der Waals surface area contributed by atoms with Gasteiger partial charge in [-0.3, -0.25) is 9.59 Å². The van der Waals surface area contributed by atoms with Crippen LogP contribution in [0.15, 0.2) is 24.3 Å². The van der Waals surface area contributed by atoms with Crippen LogP contribution < -0.4 is 5.32 Å². The fraction of sp³-hybridized carbons (Fsp3) is 0.897. The molecule has 3 N–H and O–H groups in total. The lowest BCUT2D eigenvalue weighted by Gasteiger charge is -2.22. The number of hydrogen-bond acceptors (Lipinski definition) is 5. The van der Waals surface area contributed by atoms with Gasteiger partial charge in [-0.2, -0.15) is 0 Å². The summed E-state index contributed by atoms with van der Waals surface area (Å²) in [5.41, 5.74) is 0. The van der Waals surface area contributed by atoms with Crippen LogP contribution in [-0.2, 0) is 14.3 Å². The Morgan fingerprint density at radius 2 is 0.734 bits per heavy atom. The van der Waals surface area contributed by atoms with Crippen molar-refractivity contribution in [2.75, 3.05) is 13.2 Å². The third-order valence-electron chi connectivity index (χ3n) is 13.2. The van der Waals surface area contributed by atoms with Crippen molar-refractivity contribution in [2.24, 2.45) is 0 Å². The first-order chi connectivity index (χ1) is 31.5. The molecular formula is C58H111NO5. The van der Waals surface area contributed by atoms with Crippen molar-refractivity contribution in [3.8, 4) is 0 Å². The van der Waals surface area contributed by atoms with Gasteiger partial charge in [0.25, 0.3) is 0 Å². The first-order valence-electron chi connectivity index (χ1n) is 28.6. The van der Waals surface area contributed by atoms with E-state index in [1.165, 1.54) is 231 Å². The molecule has 2 atom stereocenters. The zero-order chi connectivity index (χ0) is 46.5. The van der Waals surface area contributed by atoms with Gasteiger partial charge in [0.1, 0.15) is 0 Å². The molecule has 0 aliphatic rings. The summed E-state index contributed by atoms with van der Waals surface area (Å²) in [7, 11) is 0. The van der Waals surface area contributed by atoms with Crippen molar-refractivity contribution >= 4 is 11.9 Å². The Balaban J connectivity index is 3.45. The number of ether oxygens (including phenoxy) is 1. The van der Waals surface area contributed by atoms with Gasteiger partial charge < -0.3 is 20.3 Å². The predicted octanol–water partition coefficient (Wildman–Crippen LogP) is 17.5. The predicted molar refractivity (Wildman–Crippen MR) is 278 cm³/mol. The van der Waals surface area contributed by atoms with E-state index in [-0.39, 0.29) is 18.5 Å². The van der Waals surface area contributed by atoms with E-state index in [2.05, 4.69) is 43.5 Å². The number of unbranched alkanes of at least 4 members (excludes halogenated alkanes) is 38. The number of allylic oxidation sites excluding steroid dienone is 4. The minimum absolute atomic E-state index is 0.00603. The second-order valence-electron chi connectivity index (χ2n) is 19.6. The fourth-order valence-corrected chi connectivity index (χ4v) is 8.81. The second kappa shape index (κ2) is 54.0. The number of hydrogen-bond donors (Lipinski definition) is 3. The Kier molecular flexibility index (Phi) is 52.6. The van der Waals surface area contributed by atoms with Crippen LogP contribution in [0.5, 0.6) is 0 Å². The fourth-order valence-electron chi connectivity index (χ4n) is 8.81. The molecule has 0 aliphatic carbocycles. The molecule has 0 saturated carbocycles. The monoisotopic (exact) mass is 902 g/mol. The molecule has 0 aromatic carbocycles. The summed E-state index contributed by atoms with van der Waals surface area (Å²) in [5, 5.41) is 23.3. The minimum atomic E-state index is -0.670. The van der Waals surface area contributed by atoms with Gasteiger partial charge in [0.05, 0.1) is 25.4 Å². The summed E-state index contributed by atoms with van der Waals surface area (Å²) in [5.74, 6) is -0.0493. The highest BCUT2D eigenvalue weighted by Crippen LogP contribution is 2.17.